The molecule has 7 heteroatoms. The third kappa shape index (κ3) is 4.40. The van der Waals surface area contributed by atoms with E-state index in [9.17, 15) is 14.4 Å². The van der Waals surface area contributed by atoms with Crippen molar-refractivity contribution < 1.29 is 23.9 Å². The number of aryl methyl sites for hydroxylation is 2. The molecule has 0 aliphatic heterocycles. The molecule has 30 heavy (non-hydrogen) atoms. The number of benzene rings is 1. The van der Waals surface area contributed by atoms with Gasteiger partial charge < -0.3 is 19.8 Å². The molecule has 0 saturated carbocycles. The van der Waals surface area contributed by atoms with Crippen molar-refractivity contribution in [2.45, 2.75) is 59.1 Å². The number of rotatable bonds is 6. The molecule has 2 atom stereocenters. The Hall–Kier alpha value is -3.09. The van der Waals surface area contributed by atoms with Crippen LogP contribution in [0.1, 0.15) is 76.0 Å². The van der Waals surface area contributed by atoms with Gasteiger partial charge in [-0.1, -0.05) is 24.3 Å². The van der Waals surface area contributed by atoms with Crippen molar-refractivity contribution in [2.75, 3.05) is 6.61 Å². The quantitative estimate of drug-likeness (QED) is 0.707. The number of aromatic amines is 1. The highest BCUT2D eigenvalue weighted by Gasteiger charge is 2.28. The van der Waals surface area contributed by atoms with Crippen LogP contribution in [-0.4, -0.2) is 35.5 Å². The van der Waals surface area contributed by atoms with Crippen LogP contribution < -0.4 is 5.32 Å². The number of ether oxygens (including phenoxy) is 2. The third-order valence-electron chi connectivity index (χ3n) is 5.46. The summed E-state index contributed by atoms with van der Waals surface area (Å²) in [6.45, 7) is 6.82. The Morgan fingerprint density at radius 2 is 1.93 bits per heavy atom. The van der Waals surface area contributed by atoms with Crippen LogP contribution >= 0.6 is 0 Å². The van der Waals surface area contributed by atoms with Gasteiger partial charge in [-0.05, 0) is 63.6 Å². The maximum absolute atomic E-state index is 12.7. The van der Waals surface area contributed by atoms with E-state index in [2.05, 4.69) is 16.4 Å². The molecule has 2 aromatic rings. The van der Waals surface area contributed by atoms with Gasteiger partial charge in [0.15, 0.2) is 6.10 Å². The first kappa shape index (κ1) is 21.6. The van der Waals surface area contributed by atoms with Crippen LogP contribution in [0.5, 0.6) is 0 Å². The Balaban J connectivity index is 1.68. The maximum atomic E-state index is 12.7. The van der Waals surface area contributed by atoms with E-state index in [4.69, 9.17) is 9.47 Å². The molecule has 1 aromatic carbocycles. The van der Waals surface area contributed by atoms with E-state index in [0.717, 1.165) is 24.8 Å². The molecule has 2 N–H and O–H groups in total. The van der Waals surface area contributed by atoms with Crippen LogP contribution in [0.15, 0.2) is 24.3 Å². The second-order valence-corrected chi connectivity index (χ2v) is 7.55. The van der Waals surface area contributed by atoms with Gasteiger partial charge >= 0.3 is 11.9 Å². The zero-order valence-corrected chi connectivity index (χ0v) is 17.8. The highest BCUT2D eigenvalue weighted by atomic mass is 16.5. The van der Waals surface area contributed by atoms with Crippen molar-refractivity contribution in [3.8, 4) is 0 Å². The Morgan fingerprint density at radius 1 is 1.20 bits per heavy atom. The van der Waals surface area contributed by atoms with Crippen molar-refractivity contribution in [1.82, 2.24) is 10.3 Å². The number of nitrogens with one attached hydrogen (secondary N) is 2. The van der Waals surface area contributed by atoms with Gasteiger partial charge in [0.1, 0.15) is 5.69 Å². The molecule has 3 rings (SSSR count). The summed E-state index contributed by atoms with van der Waals surface area (Å²) in [6, 6.07) is 7.98. The van der Waals surface area contributed by atoms with Gasteiger partial charge in [0.25, 0.3) is 5.91 Å². The summed E-state index contributed by atoms with van der Waals surface area (Å²) in [5.41, 5.74) is 3.77. The molecule has 0 spiro atoms. The van der Waals surface area contributed by atoms with Crippen LogP contribution in [0.4, 0.5) is 0 Å². The first-order valence-electron chi connectivity index (χ1n) is 10.3. The fourth-order valence-corrected chi connectivity index (χ4v) is 3.93. The second kappa shape index (κ2) is 9.15. The first-order valence-corrected chi connectivity index (χ1v) is 10.3. The molecule has 0 fully saturated rings. The fourth-order valence-electron chi connectivity index (χ4n) is 3.93. The lowest BCUT2D eigenvalue weighted by Crippen LogP contribution is -2.39. The molecule has 0 bridgehead atoms. The molecule has 0 saturated heterocycles. The number of hydrogen-bond donors (Lipinski definition) is 2. The van der Waals surface area contributed by atoms with Crippen molar-refractivity contribution in [3.05, 3.63) is 57.9 Å². The minimum atomic E-state index is -0.966. The number of H-pyrrole nitrogens is 1. The lowest BCUT2D eigenvalue weighted by atomic mass is 9.87. The van der Waals surface area contributed by atoms with E-state index in [0.29, 0.717) is 11.3 Å². The van der Waals surface area contributed by atoms with Crippen LogP contribution in [-0.2, 0) is 20.7 Å². The molecule has 0 unspecified atom stereocenters. The van der Waals surface area contributed by atoms with Gasteiger partial charge in [0.05, 0.1) is 18.2 Å². The number of hydrogen-bond acceptors (Lipinski definition) is 5. The molecule has 1 amide bonds. The minimum absolute atomic E-state index is 0.0882. The van der Waals surface area contributed by atoms with Crippen molar-refractivity contribution in [3.63, 3.8) is 0 Å². The summed E-state index contributed by atoms with van der Waals surface area (Å²) >= 11 is 0. The summed E-state index contributed by atoms with van der Waals surface area (Å²) < 4.78 is 10.4. The van der Waals surface area contributed by atoms with Crippen LogP contribution in [0.3, 0.4) is 0 Å². The Kier molecular flexibility index (Phi) is 6.59. The predicted octanol–water partition coefficient (Wildman–Crippen LogP) is 3.55. The van der Waals surface area contributed by atoms with Gasteiger partial charge in [-0.3, -0.25) is 4.79 Å². The number of esters is 2. The van der Waals surface area contributed by atoms with Gasteiger partial charge in [-0.2, -0.15) is 0 Å². The molecular formula is C23H28N2O5. The Morgan fingerprint density at radius 3 is 2.67 bits per heavy atom. The SMILES string of the molecule is CCOC(=O)c1[nH]c(C)c(C(=O)O[C@@H](C)C(=O)N[C@@H]2CCCc3ccccc32)c1C. The van der Waals surface area contributed by atoms with E-state index in [1.807, 2.05) is 18.2 Å². The summed E-state index contributed by atoms with van der Waals surface area (Å²) in [5.74, 6) is -1.52. The van der Waals surface area contributed by atoms with E-state index in [1.165, 1.54) is 5.56 Å². The zero-order valence-electron chi connectivity index (χ0n) is 17.8. The summed E-state index contributed by atoms with van der Waals surface area (Å²) in [6.07, 6.45) is 1.88. The molecule has 1 aliphatic rings. The van der Waals surface area contributed by atoms with Gasteiger partial charge in [0, 0.05) is 5.69 Å². The standard InChI is InChI=1S/C23H28N2O5/c1-5-29-23(28)20-13(2)19(14(3)24-20)22(27)30-15(4)21(26)25-18-12-8-10-16-9-6-7-11-17(16)18/h6-7,9,11,15,18,24H,5,8,10,12H2,1-4H3,(H,25,26)/t15-,18+/m0/s1. The lowest BCUT2D eigenvalue weighted by molar-refractivity contribution is -0.130. The minimum Gasteiger partial charge on any atom is -0.461 e. The number of carbonyl (C=O) groups excluding carboxylic acids is 3. The monoisotopic (exact) mass is 412 g/mol. The molecule has 7 nitrogen and oxygen atoms in total. The number of fused-ring (bicyclic) bond motifs is 1. The Bertz CT molecular complexity index is 962. The fraction of sp³-hybridized carbons (Fsp3) is 0.435. The predicted molar refractivity (Wildman–Crippen MR) is 111 cm³/mol. The van der Waals surface area contributed by atoms with Crippen molar-refractivity contribution >= 4 is 17.8 Å². The van der Waals surface area contributed by atoms with Crippen LogP contribution in [0, 0.1) is 13.8 Å². The second-order valence-electron chi connectivity index (χ2n) is 7.55. The number of amides is 1. The average Bonchev–Trinajstić information content (AvgIpc) is 3.02. The molecule has 160 valence electrons. The van der Waals surface area contributed by atoms with Gasteiger partial charge in [0.2, 0.25) is 0 Å². The maximum Gasteiger partial charge on any atom is 0.355 e. The highest BCUT2D eigenvalue weighted by molar-refractivity contribution is 5.99. The lowest BCUT2D eigenvalue weighted by Gasteiger charge is -2.27. The molecular weight excluding hydrogens is 384 g/mol. The normalized spacial score (nSPS) is 16.3. The summed E-state index contributed by atoms with van der Waals surface area (Å²) in [5, 5.41) is 3.00. The van der Waals surface area contributed by atoms with E-state index in [1.54, 1.807) is 27.7 Å². The van der Waals surface area contributed by atoms with E-state index in [-0.39, 0.29) is 29.8 Å². The summed E-state index contributed by atoms with van der Waals surface area (Å²) in [4.78, 5) is 40.3. The topological polar surface area (TPSA) is 97.5 Å². The smallest absolute Gasteiger partial charge is 0.355 e. The van der Waals surface area contributed by atoms with Crippen LogP contribution in [0.2, 0.25) is 0 Å². The summed E-state index contributed by atoms with van der Waals surface area (Å²) in [7, 11) is 0. The number of carbonyl (C=O) groups is 3. The van der Waals surface area contributed by atoms with Gasteiger partial charge in [-0.15, -0.1) is 0 Å². The molecule has 0 radical (unpaired) electrons. The van der Waals surface area contributed by atoms with Crippen LogP contribution in [0.25, 0.3) is 0 Å². The highest BCUT2D eigenvalue weighted by Crippen LogP contribution is 2.29. The molecule has 1 aromatic heterocycles. The first-order chi connectivity index (χ1) is 14.3. The van der Waals surface area contributed by atoms with E-state index >= 15 is 0 Å². The van der Waals surface area contributed by atoms with Gasteiger partial charge in [-0.25, -0.2) is 9.59 Å². The van der Waals surface area contributed by atoms with Crippen molar-refractivity contribution in [1.29, 1.82) is 0 Å². The average molecular weight is 412 g/mol. The molecule has 1 heterocycles. The van der Waals surface area contributed by atoms with Crippen molar-refractivity contribution in [2.24, 2.45) is 0 Å². The molecule has 1 aliphatic carbocycles. The third-order valence-corrected chi connectivity index (χ3v) is 5.46. The largest absolute Gasteiger partial charge is 0.461 e. The number of aromatic nitrogens is 1. The zero-order chi connectivity index (χ0) is 21.8. The van der Waals surface area contributed by atoms with E-state index < -0.39 is 18.0 Å². The Labute approximate surface area is 176 Å².